The molecule has 88 heavy (non-hydrogen) atoms. The number of nitrogens with zero attached hydrogens (tertiary/aromatic N) is 1. The van der Waals surface area contributed by atoms with Crippen LogP contribution in [0.2, 0.25) is 0 Å². The summed E-state index contributed by atoms with van der Waals surface area (Å²) in [7, 11) is 1.26. The molecule has 0 aliphatic carbocycles. The number of rotatable bonds is 74. The van der Waals surface area contributed by atoms with Gasteiger partial charge in [-0.1, -0.05) is 384 Å². The molecule has 0 aromatic rings. The highest BCUT2D eigenvalue weighted by Crippen LogP contribution is 2.38. The first-order chi connectivity index (χ1) is 43.0. The van der Waals surface area contributed by atoms with Gasteiger partial charge in [0.15, 0.2) is 0 Å². The maximum Gasteiger partial charge on any atom is 0.268 e. The second kappa shape index (κ2) is 70.0. The van der Waals surface area contributed by atoms with Crippen LogP contribution in [0.15, 0.2) is 36.5 Å². The van der Waals surface area contributed by atoms with E-state index in [-0.39, 0.29) is 19.1 Å². The molecule has 0 aliphatic heterocycles. The second-order valence-corrected chi connectivity index (χ2v) is 29.8. The Bertz CT molecular complexity index is 1530. The molecule has 3 atom stereocenters. The van der Waals surface area contributed by atoms with Gasteiger partial charge in [-0.05, 0) is 57.8 Å². The van der Waals surface area contributed by atoms with Gasteiger partial charge < -0.3 is 28.8 Å². The predicted octanol–water partition coefficient (Wildman–Crippen LogP) is 24.9. The molecular weight excluding hydrogens is 1100 g/mol. The van der Waals surface area contributed by atoms with Crippen LogP contribution in [0.4, 0.5) is 0 Å². The Morgan fingerprint density at radius 2 is 0.636 bits per heavy atom. The van der Waals surface area contributed by atoms with Gasteiger partial charge in [-0.25, -0.2) is 0 Å². The SMILES string of the molecule is CCCCCCCCCC/C=C\CCCCCCCCCCCCCCCCCCCCCCCCCCCCCC(=O)NC(COP(=O)([O-])OCC[N+](C)(C)C)C(O)/C=C/CC/C=C/CCCCCCCCCCCCCCCCCCCCCCC. The quantitative estimate of drug-likeness (QED) is 0.0272. The Balaban J connectivity index is 3.95. The van der Waals surface area contributed by atoms with Gasteiger partial charge in [0.05, 0.1) is 39.9 Å². The summed E-state index contributed by atoms with van der Waals surface area (Å²) in [6, 6.07) is -0.903. The van der Waals surface area contributed by atoms with Crippen LogP contribution in [-0.4, -0.2) is 68.5 Å². The topological polar surface area (TPSA) is 108 Å². The molecule has 8 nitrogen and oxygen atoms in total. The third kappa shape index (κ3) is 72.2. The van der Waals surface area contributed by atoms with Crippen LogP contribution in [0.25, 0.3) is 0 Å². The second-order valence-electron chi connectivity index (χ2n) is 28.4. The molecule has 9 heteroatoms. The molecule has 0 fully saturated rings. The van der Waals surface area contributed by atoms with E-state index < -0.39 is 20.0 Å². The molecule has 0 saturated carbocycles. The highest BCUT2D eigenvalue weighted by atomic mass is 31.2. The van der Waals surface area contributed by atoms with Gasteiger partial charge in [0.1, 0.15) is 13.2 Å². The Morgan fingerprint density at radius 1 is 0.386 bits per heavy atom. The smallest absolute Gasteiger partial charge is 0.268 e. The Labute approximate surface area is 550 Å². The minimum atomic E-state index is -4.61. The van der Waals surface area contributed by atoms with E-state index >= 15 is 0 Å². The van der Waals surface area contributed by atoms with Gasteiger partial charge in [0.25, 0.3) is 7.82 Å². The zero-order valence-corrected chi connectivity index (χ0v) is 60.9. The van der Waals surface area contributed by atoms with E-state index in [0.717, 1.165) is 38.5 Å². The predicted molar refractivity (Wildman–Crippen MR) is 385 cm³/mol. The molecule has 0 aromatic carbocycles. The largest absolute Gasteiger partial charge is 0.756 e. The fourth-order valence-electron chi connectivity index (χ4n) is 12.2. The van der Waals surface area contributed by atoms with E-state index in [1.807, 2.05) is 27.2 Å². The zero-order chi connectivity index (χ0) is 64.1. The summed E-state index contributed by atoms with van der Waals surface area (Å²) in [4.78, 5) is 25.7. The lowest BCUT2D eigenvalue weighted by Crippen LogP contribution is -2.45. The van der Waals surface area contributed by atoms with Crippen LogP contribution >= 0.6 is 7.82 Å². The highest BCUT2D eigenvalue weighted by molar-refractivity contribution is 7.45. The van der Waals surface area contributed by atoms with E-state index in [9.17, 15) is 19.4 Å². The van der Waals surface area contributed by atoms with Crippen LogP contribution in [0.3, 0.4) is 0 Å². The van der Waals surface area contributed by atoms with Crippen molar-refractivity contribution >= 4 is 13.7 Å². The minimum Gasteiger partial charge on any atom is -0.756 e. The number of nitrogens with one attached hydrogen (secondary N) is 1. The number of phosphoric acid groups is 1. The van der Waals surface area contributed by atoms with Crippen molar-refractivity contribution in [1.82, 2.24) is 5.32 Å². The van der Waals surface area contributed by atoms with E-state index in [1.54, 1.807) is 6.08 Å². The third-order valence-corrected chi connectivity index (χ3v) is 19.3. The molecule has 0 bridgehead atoms. The number of carbonyl (C=O) groups is 1. The van der Waals surface area contributed by atoms with Crippen molar-refractivity contribution in [2.24, 2.45) is 0 Å². The number of aliphatic hydroxyl groups excluding tert-OH is 1. The summed E-state index contributed by atoms with van der Waals surface area (Å²) in [5, 5.41) is 14.0. The molecule has 522 valence electrons. The maximum atomic E-state index is 13.1. The lowest BCUT2D eigenvalue weighted by atomic mass is 10.0. The monoisotopic (exact) mass is 1260 g/mol. The van der Waals surface area contributed by atoms with Crippen molar-refractivity contribution in [1.29, 1.82) is 0 Å². The zero-order valence-electron chi connectivity index (χ0n) is 60.0. The fraction of sp³-hybridized carbons (Fsp3) is 0.911. The van der Waals surface area contributed by atoms with Crippen LogP contribution in [0.1, 0.15) is 412 Å². The van der Waals surface area contributed by atoms with E-state index in [2.05, 4.69) is 43.5 Å². The van der Waals surface area contributed by atoms with Crippen LogP contribution < -0.4 is 10.2 Å². The van der Waals surface area contributed by atoms with Crippen molar-refractivity contribution in [3.8, 4) is 0 Å². The van der Waals surface area contributed by atoms with E-state index in [4.69, 9.17) is 9.05 Å². The van der Waals surface area contributed by atoms with Gasteiger partial charge in [-0.3, -0.25) is 9.36 Å². The fourth-order valence-corrected chi connectivity index (χ4v) is 13.0. The molecule has 1 amide bonds. The summed E-state index contributed by atoms with van der Waals surface area (Å²) in [6.45, 7) is 4.70. The Morgan fingerprint density at radius 3 is 0.920 bits per heavy atom. The number of hydrogen-bond acceptors (Lipinski definition) is 6. The summed E-state index contributed by atoms with van der Waals surface area (Å²) < 4.78 is 23.5. The van der Waals surface area contributed by atoms with Crippen molar-refractivity contribution in [3.63, 3.8) is 0 Å². The summed E-state index contributed by atoms with van der Waals surface area (Å²) in [5.74, 6) is -0.198. The first kappa shape index (κ1) is 86.7. The average molecular weight is 1260 g/mol. The highest BCUT2D eigenvalue weighted by Gasteiger charge is 2.23. The molecule has 0 heterocycles. The minimum absolute atomic E-state index is 0.00397. The van der Waals surface area contributed by atoms with Crippen LogP contribution in [0.5, 0.6) is 0 Å². The number of phosphoric ester groups is 1. The van der Waals surface area contributed by atoms with E-state index in [1.165, 1.54) is 353 Å². The molecule has 0 radical (unpaired) electrons. The van der Waals surface area contributed by atoms with Crippen molar-refractivity contribution in [3.05, 3.63) is 36.5 Å². The lowest BCUT2D eigenvalue weighted by Gasteiger charge is -2.29. The van der Waals surface area contributed by atoms with Gasteiger partial charge in [-0.15, -0.1) is 0 Å². The summed E-state index contributed by atoms with van der Waals surface area (Å²) in [5.41, 5.74) is 0. The number of unbranched alkanes of at least 4 members (excludes halogenated alkanes) is 57. The van der Waals surface area contributed by atoms with Crippen LogP contribution in [-0.2, 0) is 18.4 Å². The molecule has 0 aromatic heterocycles. The number of quaternary nitrogens is 1. The number of carbonyl (C=O) groups excluding carboxylic acids is 1. The van der Waals surface area contributed by atoms with Crippen molar-refractivity contribution in [2.75, 3.05) is 40.9 Å². The van der Waals surface area contributed by atoms with Crippen molar-refractivity contribution in [2.45, 2.75) is 424 Å². The molecule has 0 saturated heterocycles. The van der Waals surface area contributed by atoms with Gasteiger partial charge in [-0.2, -0.15) is 0 Å². The molecule has 0 rings (SSSR count). The number of hydrogen-bond donors (Lipinski definition) is 2. The van der Waals surface area contributed by atoms with Crippen molar-refractivity contribution < 1.29 is 32.9 Å². The van der Waals surface area contributed by atoms with Crippen LogP contribution in [0, 0.1) is 0 Å². The van der Waals surface area contributed by atoms with Gasteiger partial charge in [0.2, 0.25) is 5.91 Å². The molecule has 3 unspecified atom stereocenters. The number of aliphatic hydroxyl groups is 1. The number of allylic oxidation sites excluding steroid dienone is 5. The molecule has 0 spiro atoms. The summed E-state index contributed by atoms with van der Waals surface area (Å²) in [6.07, 6.45) is 94.6. The normalized spacial score (nSPS) is 13.7. The number of likely N-dealkylation sites (N-methyl/N-ethyl adjacent to an activating group) is 1. The molecular formula is C79H155N2O6P. The first-order valence-corrected chi connectivity index (χ1v) is 40.8. The maximum absolute atomic E-state index is 13.1. The average Bonchev–Trinajstić information content (AvgIpc) is 3.70. The molecule has 0 aliphatic rings. The van der Waals surface area contributed by atoms with Gasteiger partial charge in [0, 0.05) is 6.42 Å². The van der Waals surface area contributed by atoms with Gasteiger partial charge >= 0.3 is 0 Å². The standard InChI is InChI=1S/C79H155N2O6P/c1-6-8-10-12-14-16-18-20-22-24-26-28-30-32-34-35-36-37-38-39-40-41-42-43-44-45-47-49-51-53-55-57-59-61-63-65-67-69-71-73-79(83)80-77(76-87-88(84,85)86-75-74-81(3,4)5)78(82)72-70-68-66-64-62-60-58-56-54-52-50-48-46-33-31-29-27-25-23-21-19-17-15-13-11-9-7-2/h24,26,62,64,70,72,77-78,82H,6-23,25,27-61,63,65-69,71,73-76H2,1-5H3,(H-,80,83,84,85)/b26-24-,64-62+,72-70+. The first-order valence-electron chi connectivity index (χ1n) is 39.4. The lowest BCUT2D eigenvalue weighted by molar-refractivity contribution is -0.870. The summed E-state index contributed by atoms with van der Waals surface area (Å²) >= 11 is 0. The van der Waals surface area contributed by atoms with E-state index in [0.29, 0.717) is 17.4 Å². The third-order valence-electron chi connectivity index (χ3n) is 18.3. The number of amides is 1. The Kier molecular flexibility index (Phi) is 69.0. The Hall–Kier alpha value is -1.28. The molecule has 2 N–H and O–H groups in total.